The number of amides is 1. The quantitative estimate of drug-likeness (QED) is 0.613. The molecule has 0 fully saturated rings. The second-order valence-corrected chi connectivity index (χ2v) is 5.91. The topological polar surface area (TPSA) is 64.6 Å². The lowest BCUT2D eigenvalue weighted by molar-refractivity contribution is -0.117. The van der Waals surface area contributed by atoms with E-state index in [1.807, 2.05) is 31.2 Å². The van der Waals surface area contributed by atoms with E-state index in [0.29, 0.717) is 12.0 Å². The lowest BCUT2D eigenvalue weighted by Crippen LogP contribution is -2.32. The van der Waals surface area contributed by atoms with Crippen LogP contribution in [0.2, 0.25) is 0 Å². The summed E-state index contributed by atoms with van der Waals surface area (Å²) in [6, 6.07) is 14.6. The summed E-state index contributed by atoms with van der Waals surface area (Å²) in [5.74, 6) is 0.249. The summed E-state index contributed by atoms with van der Waals surface area (Å²) in [6.45, 7) is 1.95. The maximum absolute atomic E-state index is 12.1. The summed E-state index contributed by atoms with van der Waals surface area (Å²) in [5, 5.41) is 2.93. The van der Waals surface area contributed by atoms with E-state index in [2.05, 4.69) is 10.1 Å². The van der Waals surface area contributed by atoms with Gasteiger partial charge in [0.05, 0.1) is 19.8 Å². The Bertz CT molecular complexity index is 781. The standard InChI is InChI=1S/C21H23NO4/c1-15(13-17-5-4-6-19(14-17)25-2)22-20(23)12-9-16-7-10-18(11-8-16)21(24)26-3/h4-12,14-15H,13H2,1-3H3,(H,22,23)/b12-9+. The number of rotatable bonds is 7. The fourth-order valence-electron chi connectivity index (χ4n) is 2.52. The molecule has 1 atom stereocenters. The van der Waals surface area contributed by atoms with E-state index >= 15 is 0 Å². The van der Waals surface area contributed by atoms with Crippen molar-refractivity contribution in [1.29, 1.82) is 0 Å². The zero-order chi connectivity index (χ0) is 18.9. The Labute approximate surface area is 153 Å². The van der Waals surface area contributed by atoms with Gasteiger partial charge >= 0.3 is 5.97 Å². The van der Waals surface area contributed by atoms with Crippen LogP contribution in [0.5, 0.6) is 5.75 Å². The molecule has 0 saturated heterocycles. The highest BCUT2D eigenvalue weighted by molar-refractivity contribution is 5.92. The number of methoxy groups -OCH3 is 2. The van der Waals surface area contributed by atoms with E-state index in [-0.39, 0.29) is 17.9 Å². The van der Waals surface area contributed by atoms with Gasteiger partial charge in [-0.2, -0.15) is 0 Å². The van der Waals surface area contributed by atoms with Gasteiger partial charge in [-0.25, -0.2) is 4.79 Å². The maximum Gasteiger partial charge on any atom is 0.337 e. The Hall–Kier alpha value is -3.08. The van der Waals surface area contributed by atoms with Gasteiger partial charge in [0.25, 0.3) is 0 Å². The molecule has 2 rings (SSSR count). The molecule has 5 nitrogen and oxygen atoms in total. The molecular formula is C21H23NO4. The van der Waals surface area contributed by atoms with Crippen molar-refractivity contribution in [3.63, 3.8) is 0 Å². The lowest BCUT2D eigenvalue weighted by atomic mass is 10.1. The molecule has 136 valence electrons. The van der Waals surface area contributed by atoms with Crippen LogP contribution in [0.1, 0.15) is 28.4 Å². The minimum atomic E-state index is -0.385. The highest BCUT2D eigenvalue weighted by Crippen LogP contribution is 2.14. The van der Waals surface area contributed by atoms with E-state index in [1.54, 1.807) is 37.5 Å². The van der Waals surface area contributed by atoms with Crippen molar-refractivity contribution in [3.8, 4) is 5.75 Å². The zero-order valence-electron chi connectivity index (χ0n) is 15.2. The number of hydrogen-bond acceptors (Lipinski definition) is 4. The third-order valence-corrected chi connectivity index (χ3v) is 3.82. The molecule has 0 spiro atoms. The minimum absolute atomic E-state index is 0.0130. The van der Waals surface area contributed by atoms with Crippen LogP contribution >= 0.6 is 0 Å². The van der Waals surface area contributed by atoms with Gasteiger partial charge in [-0.15, -0.1) is 0 Å². The maximum atomic E-state index is 12.1. The summed E-state index contributed by atoms with van der Waals surface area (Å²) >= 11 is 0. The average Bonchev–Trinajstić information content (AvgIpc) is 2.66. The van der Waals surface area contributed by atoms with Crippen molar-refractivity contribution >= 4 is 18.0 Å². The Balaban J connectivity index is 1.88. The largest absolute Gasteiger partial charge is 0.497 e. The molecule has 0 heterocycles. The third-order valence-electron chi connectivity index (χ3n) is 3.82. The number of esters is 1. The van der Waals surface area contributed by atoms with Crippen molar-refractivity contribution in [3.05, 3.63) is 71.3 Å². The van der Waals surface area contributed by atoms with Gasteiger partial charge in [-0.3, -0.25) is 4.79 Å². The third kappa shape index (κ3) is 5.77. The summed E-state index contributed by atoms with van der Waals surface area (Å²) in [6.07, 6.45) is 3.90. The fraction of sp³-hybridized carbons (Fsp3) is 0.238. The summed E-state index contributed by atoms with van der Waals surface area (Å²) < 4.78 is 9.86. The molecule has 5 heteroatoms. The van der Waals surface area contributed by atoms with Crippen LogP contribution in [0.25, 0.3) is 6.08 Å². The number of ether oxygens (including phenoxy) is 2. The molecule has 0 aromatic heterocycles. The average molecular weight is 353 g/mol. The van der Waals surface area contributed by atoms with Crippen LogP contribution in [0.15, 0.2) is 54.6 Å². The first-order valence-corrected chi connectivity index (χ1v) is 8.31. The minimum Gasteiger partial charge on any atom is -0.497 e. The van der Waals surface area contributed by atoms with E-state index in [0.717, 1.165) is 16.9 Å². The Morgan fingerprint density at radius 2 is 1.85 bits per heavy atom. The molecule has 0 aliphatic carbocycles. The van der Waals surface area contributed by atoms with Crippen molar-refractivity contribution < 1.29 is 19.1 Å². The first-order valence-electron chi connectivity index (χ1n) is 8.31. The predicted molar refractivity (Wildman–Crippen MR) is 101 cm³/mol. The number of hydrogen-bond donors (Lipinski definition) is 1. The van der Waals surface area contributed by atoms with Crippen molar-refractivity contribution in [2.45, 2.75) is 19.4 Å². The molecule has 26 heavy (non-hydrogen) atoms. The van der Waals surface area contributed by atoms with Crippen molar-refractivity contribution in [1.82, 2.24) is 5.32 Å². The first kappa shape index (κ1) is 19.2. The molecule has 2 aromatic carbocycles. The van der Waals surface area contributed by atoms with E-state index in [4.69, 9.17) is 4.74 Å². The van der Waals surface area contributed by atoms with Crippen molar-refractivity contribution in [2.24, 2.45) is 0 Å². The summed E-state index contributed by atoms with van der Waals surface area (Å²) in [5.41, 5.74) is 2.40. The van der Waals surface area contributed by atoms with Crippen LogP contribution in [-0.4, -0.2) is 32.1 Å². The summed E-state index contributed by atoms with van der Waals surface area (Å²) in [7, 11) is 2.97. The molecule has 0 aliphatic rings. The van der Waals surface area contributed by atoms with Gasteiger partial charge in [0.15, 0.2) is 0 Å². The fourth-order valence-corrected chi connectivity index (χ4v) is 2.52. The van der Waals surface area contributed by atoms with Crippen LogP contribution in [0.3, 0.4) is 0 Å². The van der Waals surface area contributed by atoms with E-state index in [9.17, 15) is 9.59 Å². The Morgan fingerprint density at radius 1 is 1.12 bits per heavy atom. The van der Waals surface area contributed by atoms with E-state index in [1.165, 1.54) is 13.2 Å². The van der Waals surface area contributed by atoms with Gasteiger partial charge in [0.1, 0.15) is 5.75 Å². The van der Waals surface area contributed by atoms with Crippen LogP contribution < -0.4 is 10.1 Å². The molecule has 0 saturated carbocycles. The monoisotopic (exact) mass is 353 g/mol. The summed E-state index contributed by atoms with van der Waals surface area (Å²) in [4.78, 5) is 23.5. The second-order valence-electron chi connectivity index (χ2n) is 5.91. The molecular weight excluding hydrogens is 330 g/mol. The molecule has 2 aromatic rings. The Morgan fingerprint density at radius 3 is 2.50 bits per heavy atom. The SMILES string of the molecule is COC(=O)c1ccc(/C=C/C(=O)NC(C)Cc2cccc(OC)c2)cc1. The lowest BCUT2D eigenvalue weighted by Gasteiger charge is -2.13. The van der Waals surface area contributed by atoms with Gasteiger partial charge in [0, 0.05) is 12.1 Å². The van der Waals surface area contributed by atoms with Crippen molar-refractivity contribution in [2.75, 3.05) is 14.2 Å². The molecule has 1 N–H and O–H groups in total. The molecule has 1 amide bonds. The molecule has 0 aliphatic heterocycles. The number of carbonyl (C=O) groups is 2. The second kappa shape index (κ2) is 9.42. The molecule has 0 radical (unpaired) electrons. The van der Waals surface area contributed by atoms with Crippen LogP contribution in [-0.2, 0) is 16.0 Å². The molecule has 1 unspecified atom stereocenters. The number of nitrogens with one attached hydrogen (secondary N) is 1. The predicted octanol–water partition coefficient (Wildman–Crippen LogP) is 3.24. The van der Waals surface area contributed by atoms with Crippen LogP contribution in [0, 0.1) is 0 Å². The highest BCUT2D eigenvalue weighted by atomic mass is 16.5. The van der Waals surface area contributed by atoms with Gasteiger partial charge in [-0.05, 0) is 54.8 Å². The van der Waals surface area contributed by atoms with Gasteiger partial charge in [-0.1, -0.05) is 24.3 Å². The van der Waals surface area contributed by atoms with Gasteiger partial charge < -0.3 is 14.8 Å². The molecule has 0 bridgehead atoms. The first-order chi connectivity index (χ1) is 12.5. The smallest absolute Gasteiger partial charge is 0.337 e. The normalized spacial score (nSPS) is 11.8. The highest BCUT2D eigenvalue weighted by Gasteiger charge is 2.07. The Kier molecular flexibility index (Phi) is 6.97. The van der Waals surface area contributed by atoms with Crippen LogP contribution in [0.4, 0.5) is 0 Å². The van der Waals surface area contributed by atoms with Gasteiger partial charge in [0.2, 0.25) is 5.91 Å². The number of carbonyl (C=O) groups excluding carboxylic acids is 2. The number of benzene rings is 2. The zero-order valence-corrected chi connectivity index (χ0v) is 15.2. The van der Waals surface area contributed by atoms with E-state index < -0.39 is 0 Å².